The second-order valence-electron chi connectivity index (χ2n) is 3.84. The molecule has 0 spiro atoms. The number of hydrogen-bond acceptors (Lipinski definition) is 4. The summed E-state index contributed by atoms with van der Waals surface area (Å²) >= 11 is 0. The van der Waals surface area contributed by atoms with E-state index >= 15 is 0 Å². The molecule has 0 atom stereocenters. The molecule has 0 saturated carbocycles. The number of rotatable bonds is 5. The van der Waals surface area contributed by atoms with Gasteiger partial charge in [0.15, 0.2) is 17.4 Å². The summed E-state index contributed by atoms with van der Waals surface area (Å²) in [5.74, 6) is -0.0281. The fourth-order valence-corrected chi connectivity index (χ4v) is 1.59. The number of aryl methyl sites for hydroxylation is 1. The zero-order valence-corrected chi connectivity index (χ0v) is 10.4. The van der Waals surface area contributed by atoms with Crippen LogP contribution in [-0.4, -0.2) is 20.6 Å². The minimum atomic E-state index is -0.560. The Kier molecular flexibility index (Phi) is 3.74. The van der Waals surface area contributed by atoms with Crippen LogP contribution in [0.15, 0.2) is 24.5 Å². The molecular weight excluding hydrogens is 249 g/mol. The predicted molar refractivity (Wildman–Crippen MR) is 67.4 cm³/mol. The maximum atomic E-state index is 13.7. The average Bonchev–Trinajstić information content (AvgIpc) is 2.84. The Hall–Kier alpha value is -2.44. The molecule has 1 aromatic carbocycles. The number of benzene rings is 1. The number of nitrogens with one attached hydrogen (secondary N) is 1. The number of nitrogens with zero attached hydrogens (tertiary/aromatic N) is 3. The van der Waals surface area contributed by atoms with Gasteiger partial charge in [0, 0.05) is 12.1 Å². The zero-order chi connectivity index (χ0) is 13.8. The van der Waals surface area contributed by atoms with Gasteiger partial charge < -0.3 is 10.5 Å². The fraction of sp³-hybridized carbons (Fsp3) is 0.250. The van der Waals surface area contributed by atoms with Crippen molar-refractivity contribution < 1.29 is 9.13 Å². The summed E-state index contributed by atoms with van der Waals surface area (Å²) in [6, 6.07) is 4.15. The lowest BCUT2D eigenvalue weighted by molar-refractivity contribution is 0.273. The highest BCUT2D eigenvalue weighted by Crippen LogP contribution is 2.19. The average molecular weight is 263 g/mol. The van der Waals surface area contributed by atoms with Crippen molar-refractivity contribution in [2.24, 2.45) is 5.73 Å². The summed E-state index contributed by atoms with van der Waals surface area (Å²) in [6.45, 7) is 2.73. The lowest BCUT2D eigenvalue weighted by Crippen LogP contribution is -2.12. The first-order valence-corrected chi connectivity index (χ1v) is 5.75. The Morgan fingerprint density at radius 3 is 2.95 bits per heavy atom. The molecule has 100 valence electrons. The van der Waals surface area contributed by atoms with E-state index in [1.54, 1.807) is 4.68 Å². The third-order valence-electron chi connectivity index (χ3n) is 2.59. The number of amidine groups is 1. The van der Waals surface area contributed by atoms with Crippen molar-refractivity contribution in [3.05, 3.63) is 41.7 Å². The van der Waals surface area contributed by atoms with Gasteiger partial charge in [-0.1, -0.05) is 0 Å². The molecule has 7 heteroatoms. The van der Waals surface area contributed by atoms with Crippen molar-refractivity contribution >= 4 is 5.84 Å². The maximum Gasteiger partial charge on any atom is 0.165 e. The molecule has 0 aliphatic heterocycles. The summed E-state index contributed by atoms with van der Waals surface area (Å²) in [6.07, 6.45) is 1.43. The van der Waals surface area contributed by atoms with E-state index in [1.165, 1.54) is 24.5 Å². The molecule has 0 amide bonds. The van der Waals surface area contributed by atoms with Crippen LogP contribution in [0.4, 0.5) is 4.39 Å². The van der Waals surface area contributed by atoms with Crippen LogP contribution in [0.2, 0.25) is 0 Å². The van der Waals surface area contributed by atoms with Gasteiger partial charge in [-0.2, -0.15) is 5.10 Å². The lowest BCUT2D eigenvalue weighted by atomic mass is 10.2. The molecule has 0 aliphatic rings. The quantitative estimate of drug-likeness (QED) is 0.628. The van der Waals surface area contributed by atoms with E-state index in [4.69, 9.17) is 15.9 Å². The Bertz CT molecular complexity index is 596. The van der Waals surface area contributed by atoms with Crippen LogP contribution in [0.1, 0.15) is 18.3 Å². The van der Waals surface area contributed by atoms with Gasteiger partial charge in [0.1, 0.15) is 18.8 Å². The van der Waals surface area contributed by atoms with E-state index in [2.05, 4.69) is 10.1 Å². The van der Waals surface area contributed by atoms with Crippen LogP contribution >= 0.6 is 0 Å². The third-order valence-corrected chi connectivity index (χ3v) is 2.59. The lowest BCUT2D eigenvalue weighted by Gasteiger charge is -2.08. The van der Waals surface area contributed by atoms with Crippen molar-refractivity contribution in [2.45, 2.75) is 20.1 Å². The minimum absolute atomic E-state index is 0.0932. The first kappa shape index (κ1) is 13.0. The first-order chi connectivity index (χ1) is 9.11. The normalized spacial score (nSPS) is 10.4. The van der Waals surface area contributed by atoms with Crippen LogP contribution < -0.4 is 10.5 Å². The third kappa shape index (κ3) is 2.87. The van der Waals surface area contributed by atoms with Crippen molar-refractivity contribution in [2.75, 3.05) is 0 Å². The Balaban J connectivity index is 2.10. The van der Waals surface area contributed by atoms with Gasteiger partial charge in [-0.05, 0) is 25.1 Å². The van der Waals surface area contributed by atoms with E-state index in [0.717, 1.165) is 0 Å². The molecule has 3 N–H and O–H groups in total. The Morgan fingerprint density at radius 1 is 1.53 bits per heavy atom. The van der Waals surface area contributed by atoms with Crippen molar-refractivity contribution in [1.29, 1.82) is 5.41 Å². The smallest absolute Gasteiger partial charge is 0.165 e. The molecule has 1 aromatic heterocycles. The summed E-state index contributed by atoms with van der Waals surface area (Å²) in [4.78, 5) is 4.03. The van der Waals surface area contributed by atoms with Crippen LogP contribution in [0, 0.1) is 11.2 Å². The van der Waals surface area contributed by atoms with Crippen LogP contribution in [0.5, 0.6) is 5.75 Å². The van der Waals surface area contributed by atoms with E-state index in [-0.39, 0.29) is 18.2 Å². The first-order valence-electron chi connectivity index (χ1n) is 5.75. The monoisotopic (exact) mass is 263 g/mol. The Morgan fingerprint density at radius 2 is 2.32 bits per heavy atom. The van der Waals surface area contributed by atoms with E-state index < -0.39 is 5.82 Å². The molecule has 0 unspecified atom stereocenters. The predicted octanol–water partition coefficient (Wildman–Crippen LogP) is 1.30. The van der Waals surface area contributed by atoms with Crippen molar-refractivity contribution in [3.63, 3.8) is 0 Å². The van der Waals surface area contributed by atoms with Gasteiger partial charge in [-0.3, -0.25) is 5.41 Å². The van der Waals surface area contributed by atoms with Crippen LogP contribution in [0.25, 0.3) is 0 Å². The highest BCUT2D eigenvalue weighted by molar-refractivity contribution is 5.95. The number of nitrogens with two attached hydrogens (primary N) is 1. The fourth-order valence-electron chi connectivity index (χ4n) is 1.59. The summed E-state index contributed by atoms with van der Waals surface area (Å²) in [7, 11) is 0. The second-order valence-corrected chi connectivity index (χ2v) is 3.84. The van der Waals surface area contributed by atoms with Gasteiger partial charge in [0.25, 0.3) is 0 Å². The molecule has 0 fully saturated rings. The highest BCUT2D eigenvalue weighted by atomic mass is 19.1. The number of nitrogen functional groups attached to an aromatic ring is 1. The topological polar surface area (TPSA) is 89.8 Å². The van der Waals surface area contributed by atoms with Gasteiger partial charge >= 0.3 is 0 Å². The van der Waals surface area contributed by atoms with Gasteiger partial charge in [0.05, 0.1) is 0 Å². The molecule has 19 heavy (non-hydrogen) atoms. The van der Waals surface area contributed by atoms with Crippen LogP contribution in [0.3, 0.4) is 0 Å². The molecule has 1 heterocycles. The van der Waals surface area contributed by atoms with Crippen molar-refractivity contribution in [3.8, 4) is 5.75 Å². The van der Waals surface area contributed by atoms with E-state index in [9.17, 15) is 4.39 Å². The molecule has 0 bridgehead atoms. The summed E-state index contributed by atoms with van der Waals surface area (Å²) in [5.41, 5.74) is 5.60. The second kappa shape index (κ2) is 5.47. The number of ether oxygens (including phenoxy) is 1. The van der Waals surface area contributed by atoms with Gasteiger partial charge in [-0.25, -0.2) is 14.1 Å². The number of aromatic nitrogens is 3. The van der Waals surface area contributed by atoms with Gasteiger partial charge in [-0.15, -0.1) is 0 Å². The minimum Gasteiger partial charge on any atom is -0.483 e. The Labute approximate surface area is 109 Å². The summed E-state index contributed by atoms with van der Waals surface area (Å²) in [5, 5.41) is 11.2. The molecular formula is C12H14FN5O. The molecule has 0 aliphatic carbocycles. The van der Waals surface area contributed by atoms with Crippen LogP contribution in [-0.2, 0) is 13.2 Å². The van der Waals surface area contributed by atoms with E-state index in [0.29, 0.717) is 17.9 Å². The van der Waals surface area contributed by atoms with Gasteiger partial charge in [0.2, 0.25) is 0 Å². The number of halogens is 1. The molecule has 2 rings (SSSR count). The number of hydrogen-bond donors (Lipinski definition) is 2. The standard InChI is InChI=1S/C12H14FN5O/c1-2-18-11(16-7-17-18)6-19-10-4-3-8(12(14)15)5-9(10)13/h3-5,7H,2,6H2,1H3,(H3,14,15). The highest BCUT2D eigenvalue weighted by Gasteiger charge is 2.09. The molecule has 0 saturated heterocycles. The zero-order valence-electron chi connectivity index (χ0n) is 10.4. The van der Waals surface area contributed by atoms with E-state index in [1.807, 2.05) is 6.92 Å². The SMILES string of the molecule is CCn1ncnc1COc1ccc(C(=N)N)cc1F. The molecule has 6 nitrogen and oxygen atoms in total. The molecule has 2 aromatic rings. The van der Waals surface area contributed by atoms with Crippen molar-refractivity contribution in [1.82, 2.24) is 14.8 Å². The summed E-state index contributed by atoms with van der Waals surface area (Å²) < 4.78 is 20.7. The largest absolute Gasteiger partial charge is 0.483 e. The maximum absolute atomic E-state index is 13.7. The molecule has 0 radical (unpaired) electrons.